The summed E-state index contributed by atoms with van der Waals surface area (Å²) in [6.07, 6.45) is 1.62. The van der Waals surface area contributed by atoms with Gasteiger partial charge >= 0.3 is 0 Å². The first kappa shape index (κ1) is 17.0. The van der Waals surface area contributed by atoms with E-state index in [-0.39, 0.29) is 0 Å². The Bertz CT molecular complexity index is 976. The fraction of sp³-hybridized carbons (Fsp3) is 0.176. The van der Waals surface area contributed by atoms with Crippen LogP contribution in [0.15, 0.2) is 46.6 Å². The molecule has 3 rings (SSSR count). The van der Waals surface area contributed by atoms with Crippen molar-refractivity contribution in [3.8, 4) is 5.75 Å². The SMILES string of the molecule is CCOc1ccc2c(c1)s/c(=N/N=C\c1ccc(Cl)cc1Cl)n2C. The van der Waals surface area contributed by atoms with E-state index in [1.54, 1.807) is 29.7 Å². The van der Waals surface area contributed by atoms with Crippen LogP contribution in [0, 0.1) is 0 Å². The van der Waals surface area contributed by atoms with Crippen LogP contribution < -0.4 is 9.54 Å². The minimum Gasteiger partial charge on any atom is -0.494 e. The summed E-state index contributed by atoms with van der Waals surface area (Å²) in [4.78, 5) is 0.792. The zero-order valence-electron chi connectivity index (χ0n) is 13.2. The molecule has 0 fully saturated rings. The van der Waals surface area contributed by atoms with Gasteiger partial charge in [0.15, 0.2) is 0 Å². The van der Waals surface area contributed by atoms with E-state index in [1.807, 2.05) is 42.8 Å². The van der Waals surface area contributed by atoms with E-state index in [0.717, 1.165) is 26.3 Å². The summed E-state index contributed by atoms with van der Waals surface area (Å²) in [6, 6.07) is 11.3. The van der Waals surface area contributed by atoms with Crippen molar-refractivity contribution < 1.29 is 4.74 Å². The van der Waals surface area contributed by atoms with Crippen LogP contribution in [-0.2, 0) is 7.05 Å². The van der Waals surface area contributed by atoms with Gasteiger partial charge in [0.25, 0.3) is 0 Å². The standard InChI is InChI=1S/C17H15Cl2N3OS/c1-3-23-13-6-7-15-16(9-13)24-17(22(15)2)21-20-10-11-4-5-12(18)8-14(11)19/h4-10H,3H2,1-2H3/b20-10-,21-17+. The van der Waals surface area contributed by atoms with Crippen molar-refractivity contribution in [1.82, 2.24) is 4.57 Å². The maximum atomic E-state index is 6.12. The maximum absolute atomic E-state index is 6.12. The lowest BCUT2D eigenvalue weighted by Gasteiger charge is -2.02. The number of aryl methyl sites for hydroxylation is 1. The Kier molecular flexibility index (Phi) is 5.23. The number of hydrogen-bond donors (Lipinski definition) is 0. The normalized spacial score (nSPS) is 12.4. The Morgan fingerprint density at radius 3 is 2.79 bits per heavy atom. The van der Waals surface area contributed by atoms with Crippen molar-refractivity contribution in [2.24, 2.45) is 17.3 Å². The van der Waals surface area contributed by atoms with Crippen LogP contribution in [0.2, 0.25) is 10.0 Å². The Morgan fingerprint density at radius 1 is 1.21 bits per heavy atom. The van der Waals surface area contributed by atoms with Crippen molar-refractivity contribution >= 4 is 51.0 Å². The highest BCUT2D eigenvalue weighted by molar-refractivity contribution is 7.16. The summed E-state index contributed by atoms with van der Waals surface area (Å²) in [5, 5.41) is 9.58. The number of rotatable bonds is 4. The van der Waals surface area contributed by atoms with Gasteiger partial charge in [-0.2, -0.15) is 5.10 Å². The molecular weight excluding hydrogens is 365 g/mol. The average Bonchev–Trinajstić information content (AvgIpc) is 2.86. The smallest absolute Gasteiger partial charge is 0.211 e. The van der Waals surface area contributed by atoms with Gasteiger partial charge in [-0.15, -0.1) is 5.10 Å². The quantitative estimate of drug-likeness (QED) is 0.470. The molecule has 0 atom stereocenters. The zero-order valence-corrected chi connectivity index (χ0v) is 15.5. The van der Waals surface area contributed by atoms with E-state index in [9.17, 15) is 0 Å². The molecule has 0 saturated heterocycles. The molecule has 0 aliphatic heterocycles. The first-order valence-corrected chi connectivity index (χ1v) is 8.90. The van der Waals surface area contributed by atoms with Crippen LogP contribution in [0.3, 0.4) is 0 Å². The first-order valence-electron chi connectivity index (χ1n) is 7.33. The summed E-state index contributed by atoms with van der Waals surface area (Å²) < 4.78 is 8.63. The molecule has 0 aliphatic rings. The molecule has 0 bridgehead atoms. The third-order valence-corrected chi connectivity index (χ3v) is 5.04. The molecule has 0 unspecified atom stereocenters. The van der Waals surface area contributed by atoms with Crippen LogP contribution in [-0.4, -0.2) is 17.4 Å². The number of halogens is 2. The van der Waals surface area contributed by atoms with E-state index in [1.165, 1.54) is 0 Å². The molecule has 0 aliphatic carbocycles. The number of thiazole rings is 1. The number of benzene rings is 2. The van der Waals surface area contributed by atoms with Crippen molar-refractivity contribution in [1.29, 1.82) is 0 Å². The minimum atomic E-state index is 0.545. The van der Waals surface area contributed by atoms with Gasteiger partial charge in [-0.05, 0) is 37.3 Å². The zero-order chi connectivity index (χ0) is 17.1. The van der Waals surface area contributed by atoms with Gasteiger partial charge in [0.1, 0.15) is 5.75 Å². The van der Waals surface area contributed by atoms with Gasteiger partial charge in [-0.25, -0.2) is 0 Å². The molecule has 4 nitrogen and oxygen atoms in total. The number of fused-ring (bicyclic) bond motifs is 1. The van der Waals surface area contributed by atoms with Crippen LogP contribution in [0.4, 0.5) is 0 Å². The molecular formula is C17H15Cl2N3OS. The van der Waals surface area contributed by atoms with E-state index < -0.39 is 0 Å². The van der Waals surface area contributed by atoms with Gasteiger partial charge in [-0.3, -0.25) is 0 Å². The lowest BCUT2D eigenvalue weighted by atomic mass is 10.2. The third-order valence-electron chi connectivity index (χ3n) is 3.39. The van der Waals surface area contributed by atoms with Crippen molar-refractivity contribution in [3.05, 3.63) is 56.8 Å². The molecule has 0 N–H and O–H groups in total. The summed E-state index contributed by atoms with van der Waals surface area (Å²) in [6.45, 7) is 2.61. The van der Waals surface area contributed by atoms with Crippen molar-refractivity contribution in [2.75, 3.05) is 6.61 Å². The van der Waals surface area contributed by atoms with Crippen LogP contribution in [0.25, 0.3) is 10.2 Å². The highest BCUT2D eigenvalue weighted by Crippen LogP contribution is 2.23. The van der Waals surface area contributed by atoms with Gasteiger partial charge in [0, 0.05) is 17.6 Å². The Labute approximate surface area is 153 Å². The molecule has 0 saturated carbocycles. The van der Waals surface area contributed by atoms with E-state index in [4.69, 9.17) is 27.9 Å². The van der Waals surface area contributed by atoms with Gasteiger partial charge in [0.2, 0.25) is 4.80 Å². The molecule has 0 amide bonds. The predicted octanol–water partition coefficient (Wildman–Crippen LogP) is 4.88. The number of aromatic nitrogens is 1. The lowest BCUT2D eigenvalue weighted by molar-refractivity contribution is 0.341. The molecule has 1 heterocycles. The minimum absolute atomic E-state index is 0.545. The second kappa shape index (κ2) is 7.38. The monoisotopic (exact) mass is 379 g/mol. The highest BCUT2D eigenvalue weighted by atomic mass is 35.5. The van der Waals surface area contributed by atoms with Gasteiger partial charge in [0.05, 0.1) is 28.1 Å². The van der Waals surface area contributed by atoms with Crippen molar-refractivity contribution in [3.63, 3.8) is 0 Å². The largest absolute Gasteiger partial charge is 0.494 e. The number of hydrogen-bond acceptors (Lipinski definition) is 4. The topological polar surface area (TPSA) is 38.9 Å². The van der Waals surface area contributed by atoms with Crippen LogP contribution in [0.5, 0.6) is 5.75 Å². The number of ether oxygens (including phenoxy) is 1. The van der Waals surface area contributed by atoms with Crippen LogP contribution in [0.1, 0.15) is 12.5 Å². The highest BCUT2D eigenvalue weighted by Gasteiger charge is 2.04. The summed E-state index contributed by atoms with van der Waals surface area (Å²) in [5.74, 6) is 0.856. The maximum Gasteiger partial charge on any atom is 0.211 e. The van der Waals surface area contributed by atoms with Gasteiger partial charge < -0.3 is 9.30 Å². The van der Waals surface area contributed by atoms with Crippen molar-refractivity contribution in [2.45, 2.75) is 6.92 Å². The molecule has 0 spiro atoms. The first-order chi connectivity index (χ1) is 11.6. The van der Waals surface area contributed by atoms with E-state index in [0.29, 0.717) is 16.7 Å². The summed E-state index contributed by atoms with van der Waals surface area (Å²) in [7, 11) is 1.96. The Balaban J connectivity index is 1.94. The number of nitrogens with zero attached hydrogens (tertiary/aromatic N) is 3. The fourth-order valence-electron chi connectivity index (χ4n) is 2.21. The van der Waals surface area contributed by atoms with E-state index >= 15 is 0 Å². The molecule has 0 radical (unpaired) electrons. The summed E-state index contributed by atoms with van der Waals surface area (Å²) in [5.41, 5.74) is 1.86. The molecule has 3 aromatic rings. The van der Waals surface area contributed by atoms with Gasteiger partial charge in [-0.1, -0.05) is 40.6 Å². The third kappa shape index (κ3) is 3.64. The van der Waals surface area contributed by atoms with Crippen LogP contribution >= 0.6 is 34.5 Å². The second-order valence-electron chi connectivity index (χ2n) is 5.02. The Morgan fingerprint density at radius 2 is 2.04 bits per heavy atom. The second-order valence-corrected chi connectivity index (χ2v) is 6.87. The molecule has 7 heteroatoms. The molecule has 2 aromatic carbocycles. The molecule has 124 valence electrons. The fourth-order valence-corrected chi connectivity index (χ4v) is 3.68. The summed E-state index contributed by atoms with van der Waals surface area (Å²) >= 11 is 13.6. The Hall–Kier alpha value is -1.82. The lowest BCUT2D eigenvalue weighted by Crippen LogP contribution is -2.08. The molecule has 24 heavy (non-hydrogen) atoms. The average molecular weight is 380 g/mol. The predicted molar refractivity (Wildman–Crippen MR) is 102 cm³/mol. The molecule has 1 aromatic heterocycles. The van der Waals surface area contributed by atoms with E-state index in [2.05, 4.69) is 10.2 Å².